The van der Waals surface area contributed by atoms with Crippen molar-refractivity contribution in [3.05, 3.63) is 59.7 Å². The van der Waals surface area contributed by atoms with E-state index in [2.05, 4.69) is 10.6 Å². The third-order valence-corrected chi connectivity index (χ3v) is 4.70. The van der Waals surface area contributed by atoms with E-state index in [9.17, 15) is 9.59 Å². The van der Waals surface area contributed by atoms with Gasteiger partial charge < -0.3 is 22.1 Å². The normalized spacial score (nSPS) is 19.5. The fourth-order valence-electron chi connectivity index (χ4n) is 3.34. The predicted molar refractivity (Wildman–Crippen MR) is 103 cm³/mol. The number of carbonyl (C=O) groups excluding carboxylic acids is 2. The van der Waals surface area contributed by atoms with Gasteiger partial charge in [0.25, 0.3) is 11.8 Å². The van der Waals surface area contributed by atoms with Crippen LogP contribution in [0.5, 0.6) is 0 Å². The van der Waals surface area contributed by atoms with Crippen molar-refractivity contribution in [2.75, 3.05) is 11.5 Å². The number of amides is 2. The van der Waals surface area contributed by atoms with Gasteiger partial charge in [-0.05, 0) is 49.2 Å². The van der Waals surface area contributed by atoms with Gasteiger partial charge in [-0.15, -0.1) is 0 Å². The van der Waals surface area contributed by atoms with E-state index < -0.39 is 0 Å². The number of anilines is 2. The predicted octanol–water partition coefficient (Wildman–Crippen LogP) is 2.32. The van der Waals surface area contributed by atoms with Gasteiger partial charge in [-0.2, -0.15) is 0 Å². The molecule has 1 fully saturated rings. The van der Waals surface area contributed by atoms with Crippen LogP contribution in [0.2, 0.25) is 0 Å². The molecule has 3 rings (SSSR count). The highest BCUT2D eigenvalue weighted by Gasteiger charge is 2.28. The van der Waals surface area contributed by atoms with E-state index in [0.717, 1.165) is 25.7 Å². The van der Waals surface area contributed by atoms with Crippen molar-refractivity contribution in [2.45, 2.75) is 37.8 Å². The molecule has 2 amide bonds. The smallest absolute Gasteiger partial charge is 0.251 e. The van der Waals surface area contributed by atoms with Gasteiger partial charge in [0, 0.05) is 34.6 Å². The van der Waals surface area contributed by atoms with Crippen molar-refractivity contribution in [3.63, 3.8) is 0 Å². The highest BCUT2D eigenvalue weighted by atomic mass is 16.2. The standard InChI is InChI=1S/C20H24N4O2/c21-15-7-3-5-13(11-15)19(25)23-17-9-1-2-10-18(17)24-20(26)14-6-4-8-16(22)12-14/h3-8,11-12,17-18H,1-2,9-10,21-22H2,(H,23,25)(H,24,26). The van der Waals surface area contributed by atoms with Crippen LogP contribution >= 0.6 is 0 Å². The molecular formula is C20H24N4O2. The summed E-state index contributed by atoms with van der Waals surface area (Å²) in [6, 6.07) is 13.5. The third kappa shape index (κ3) is 4.33. The maximum Gasteiger partial charge on any atom is 0.251 e. The van der Waals surface area contributed by atoms with Crippen LogP contribution < -0.4 is 22.1 Å². The summed E-state index contributed by atoms with van der Waals surface area (Å²) in [4.78, 5) is 25.0. The number of nitrogens with two attached hydrogens (primary N) is 2. The van der Waals surface area contributed by atoms with E-state index in [4.69, 9.17) is 11.5 Å². The number of benzene rings is 2. The maximum absolute atomic E-state index is 12.5. The quantitative estimate of drug-likeness (QED) is 0.633. The minimum absolute atomic E-state index is 0.109. The Labute approximate surface area is 153 Å². The Morgan fingerprint density at radius 1 is 0.769 bits per heavy atom. The number of nitrogens with one attached hydrogen (secondary N) is 2. The molecule has 1 aliphatic carbocycles. The van der Waals surface area contributed by atoms with E-state index >= 15 is 0 Å². The largest absolute Gasteiger partial charge is 0.399 e. The molecule has 0 aliphatic heterocycles. The van der Waals surface area contributed by atoms with Crippen LogP contribution in [0, 0.1) is 0 Å². The molecule has 6 N–H and O–H groups in total. The highest BCUT2D eigenvalue weighted by Crippen LogP contribution is 2.20. The van der Waals surface area contributed by atoms with Crippen LogP contribution in [0.15, 0.2) is 48.5 Å². The van der Waals surface area contributed by atoms with Crippen LogP contribution in [-0.2, 0) is 0 Å². The molecule has 1 aliphatic rings. The third-order valence-electron chi connectivity index (χ3n) is 4.70. The first-order valence-corrected chi connectivity index (χ1v) is 8.86. The van der Waals surface area contributed by atoms with Crippen LogP contribution in [0.25, 0.3) is 0 Å². The average Bonchev–Trinajstić information content (AvgIpc) is 2.63. The second kappa shape index (κ2) is 7.91. The summed E-state index contributed by atoms with van der Waals surface area (Å²) in [5.41, 5.74) is 13.7. The number of hydrogen-bond donors (Lipinski definition) is 4. The summed E-state index contributed by atoms with van der Waals surface area (Å²) in [5, 5.41) is 6.09. The Morgan fingerprint density at radius 2 is 1.19 bits per heavy atom. The summed E-state index contributed by atoms with van der Waals surface area (Å²) in [5.74, 6) is -0.347. The van der Waals surface area contributed by atoms with E-state index in [1.54, 1.807) is 48.5 Å². The lowest BCUT2D eigenvalue weighted by atomic mass is 9.89. The first-order valence-electron chi connectivity index (χ1n) is 8.86. The minimum atomic E-state index is -0.174. The lowest BCUT2D eigenvalue weighted by molar-refractivity contribution is 0.0863. The van der Waals surface area contributed by atoms with E-state index in [-0.39, 0.29) is 23.9 Å². The van der Waals surface area contributed by atoms with Crippen LogP contribution in [0.3, 0.4) is 0 Å². The van der Waals surface area contributed by atoms with Gasteiger partial charge in [-0.25, -0.2) is 0 Å². The summed E-state index contributed by atoms with van der Waals surface area (Å²) >= 11 is 0. The Bertz CT molecular complexity index is 738. The molecule has 0 aromatic heterocycles. The Hall–Kier alpha value is -3.02. The van der Waals surface area contributed by atoms with Gasteiger partial charge in [0.2, 0.25) is 0 Å². The molecule has 0 saturated heterocycles. The van der Waals surface area contributed by atoms with Crippen molar-refractivity contribution in [3.8, 4) is 0 Å². The Morgan fingerprint density at radius 3 is 1.58 bits per heavy atom. The van der Waals surface area contributed by atoms with Crippen molar-refractivity contribution < 1.29 is 9.59 Å². The van der Waals surface area contributed by atoms with Gasteiger partial charge >= 0.3 is 0 Å². The zero-order chi connectivity index (χ0) is 18.5. The number of hydrogen-bond acceptors (Lipinski definition) is 4. The second-order valence-electron chi connectivity index (χ2n) is 6.70. The molecule has 2 unspecified atom stereocenters. The van der Waals surface area contributed by atoms with Gasteiger partial charge in [-0.1, -0.05) is 25.0 Å². The summed E-state index contributed by atoms with van der Waals surface area (Å²) in [6.07, 6.45) is 3.70. The van der Waals surface area contributed by atoms with Gasteiger partial charge in [0.05, 0.1) is 0 Å². The van der Waals surface area contributed by atoms with Crippen molar-refractivity contribution in [2.24, 2.45) is 0 Å². The molecule has 136 valence electrons. The summed E-state index contributed by atoms with van der Waals surface area (Å²) in [6.45, 7) is 0. The van der Waals surface area contributed by atoms with E-state index in [1.165, 1.54) is 0 Å². The lowest BCUT2D eigenvalue weighted by Gasteiger charge is -2.33. The maximum atomic E-state index is 12.5. The second-order valence-corrected chi connectivity index (χ2v) is 6.70. The Balaban J connectivity index is 1.67. The zero-order valence-corrected chi connectivity index (χ0v) is 14.6. The molecule has 0 radical (unpaired) electrons. The fourth-order valence-corrected chi connectivity index (χ4v) is 3.34. The van der Waals surface area contributed by atoms with Crippen molar-refractivity contribution >= 4 is 23.2 Å². The molecule has 0 bridgehead atoms. The molecule has 2 aromatic rings. The molecular weight excluding hydrogens is 328 g/mol. The zero-order valence-electron chi connectivity index (χ0n) is 14.6. The first-order chi connectivity index (χ1) is 12.5. The number of nitrogen functional groups attached to an aromatic ring is 2. The van der Waals surface area contributed by atoms with Crippen molar-refractivity contribution in [1.29, 1.82) is 0 Å². The van der Waals surface area contributed by atoms with Gasteiger partial charge in [-0.3, -0.25) is 9.59 Å². The molecule has 6 heteroatoms. The number of carbonyl (C=O) groups is 2. The van der Waals surface area contributed by atoms with Gasteiger partial charge in [0.1, 0.15) is 0 Å². The SMILES string of the molecule is Nc1cccc(C(=O)NC2CCCCC2NC(=O)c2cccc(N)c2)c1. The molecule has 2 aromatic carbocycles. The Kier molecular flexibility index (Phi) is 5.41. The van der Waals surface area contributed by atoms with Gasteiger partial charge in [0.15, 0.2) is 0 Å². The highest BCUT2D eigenvalue weighted by molar-refractivity contribution is 5.96. The molecule has 0 spiro atoms. The topological polar surface area (TPSA) is 110 Å². The molecule has 26 heavy (non-hydrogen) atoms. The lowest BCUT2D eigenvalue weighted by Crippen LogP contribution is -2.53. The van der Waals surface area contributed by atoms with Crippen LogP contribution in [0.4, 0.5) is 11.4 Å². The first kappa shape index (κ1) is 17.8. The fraction of sp³-hybridized carbons (Fsp3) is 0.300. The molecule has 6 nitrogen and oxygen atoms in total. The van der Waals surface area contributed by atoms with Crippen LogP contribution in [0.1, 0.15) is 46.4 Å². The number of rotatable bonds is 4. The monoisotopic (exact) mass is 352 g/mol. The molecule has 0 heterocycles. The average molecular weight is 352 g/mol. The van der Waals surface area contributed by atoms with E-state index in [1.807, 2.05) is 0 Å². The molecule has 1 saturated carbocycles. The van der Waals surface area contributed by atoms with Crippen LogP contribution in [-0.4, -0.2) is 23.9 Å². The molecule has 2 atom stereocenters. The summed E-state index contributed by atoms with van der Waals surface area (Å²) in [7, 11) is 0. The minimum Gasteiger partial charge on any atom is -0.399 e. The van der Waals surface area contributed by atoms with Crippen molar-refractivity contribution in [1.82, 2.24) is 10.6 Å². The van der Waals surface area contributed by atoms with E-state index in [0.29, 0.717) is 22.5 Å². The summed E-state index contributed by atoms with van der Waals surface area (Å²) < 4.78 is 0.